The van der Waals surface area contributed by atoms with Gasteiger partial charge in [-0.2, -0.15) is 0 Å². The lowest BCUT2D eigenvalue weighted by molar-refractivity contribution is -0.145. The average molecular weight is 767 g/mol. The first-order valence-electron chi connectivity index (χ1n) is 19.3. The van der Waals surface area contributed by atoms with Crippen molar-refractivity contribution in [3.05, 3.63) is 35.5 Å². The van der Waals surface area contributed by atoms with Crippen LogP contribution in [-0.4, -0.2) is 139 Å². The van der Waals surface area contributed by atoms with Crippen LogP contribution in [0.25, 0.3) is 10.9 Å². The zero-order valence-corrected chi connectivity index (χ0v) is 32.3. The van der Waals surface area contributed by atoms with Crippen LogP contribution in [0.4, 0.5) is 4.79 Å². The van der Waals surface area contributed by atoms with Gasteiger partial charge in [-0.3, -0.25) is 24.0 Å². The van der Waals surface area contributed by atoms with E-state index in [1.807, 2.05) is 19.9 Å². The Morgan fingerprint density at radius 1 is 0.927 bits per heavy atom. The van der Waals surface area contributed by atoms with Gasteiger partial charge in [0, 0.05) is 70.2 Å². The lowest BCUT2D eigenvalue weighted by Crippen LogP contribution is -2.56. The summed E-state index contributed by atoms with van der Waals surface area (Å²) in [5.41, 5.74) is 1.27. The molecule has 3 aliphatic rings. The molecule has 55 heavy (non-hydrogen) atoms. The molecule has 16 nitrogen and oxygen atoms in total. The number of piperazine rings is 1. The minimum atomic E-state index is -1.12. The zero-order valence-electron chi connectivity index (χ0n) is 32.3. The van der Waals surface area contributed by atoms with E-state index in [2.05, 4.69) is 15.6 Å². The van der Waals surface area contributed by atoms with Crippen LogP contribution in [0.3, 0.4) is 0 Å². The maximum absolute atomic E-state index is 13.9. The van der Waals surface area contributed by atoms with Crippen molar-refractivity contribution in [2.75, 3.05) is 59.7 Å². The molecule has 1 aromatic heterocycles. The number of aromatic nitrogens is 1. The van der Waals surface area contributed by atoms with E-state index in [-0.39, 0.29) is 94.2 Å². The molecule has 2 N–H and O–H groups in total. The largest absolute Gasteiger partial charge is 0.483 e. The van der Waals surface area contributed by atoms with Crippen LogP contribution in [0.15, 0.2) is 24.3 Å². The SMILES string of the molecule is CCOC(=O)N1CCN(C(=O)C(CCC(=O)OCCC(C)OC)NC(=O)c2cc(OCC(=O)N3CCCC3C(=O)NC3CCC3)c3ccc(C)cc3n2)CC1. The summed E-state index contributed by atoms with van der Waals surface area (Å²) in [4.78, 5) is 88.3. The van der Waals surface area contributed by atoms with Crippen molar-refractivity contribution >= 4 is 46.6 Å². The van der Waals surface area contributed by atoms with Gasteiger partial charge < -0.3 is 44.3 Å². The van der Waals surface area contributed by atoms with E-state index in [9.17, 15) is 28.8 Å². The summed E-state index contributed by atoms with van der Waals surface area (Å²) in [5, 5.41) is 6.41. The third-order valence-corrected chi connectivity index (χ3v) is 10.4. The highest BCUT2D eigenvalue weighted by Crippen LogP contribution is 2.28. The van der Waals surface area contributed by atoms with E-state index >= 15 is 0 Å². The Kier molecular flexibility index (Phi) is 14.6. The maximum Gasteiger partial charge on any atom is 0.409 e. The number of nitrogens with zero attached hydrogens (tertiary/aromatic N) is 4. The number of pyridine rings is 1. The van der Waals surface area contributed by atoms with Crippen molar-refractivity contribution in [3.63, 3.8) is 0 Å². The molecule has 5 rings (SSSR count). The predicted octanol–water partition coefficient (Wildman–Crippen LogP) is 2.73. The van der Waals surface area contributed by atoms with E-state index in [0.717, 1.165) is 24.8 Å². The number of fused-ring (bicyclic) bond motifs is 1. The highest BCUT2D eigenvalue weighted by molar-refractivity contribution is 5.99. The van der Waals surface area contributed by atoms with Gasteiger partial charge in [-0.1, -0.05) is 6.07 Å². The van der Waals surface area contributed by atoms with Gasteiger partial charge in [0.15, 0.2) is 6.61 Å². The van der Waals surface area contributed by atoms with Crippen molar-refractivity contribution in [2.45, 2.75) is 96.4 Å². The van der Waals surface area contributed by atoms with Gasteiger partial charge in [-0.25, -0.2) is 9.78 Å². The van der Waals surface area contributed by atoms with Gasteiger partial charge in [0.1, 0.15) is 23.5 Å². The maximum atomic E-state index is 13.9. The lowest BCUT2D eigenvalue weighted by Gasteiger charge is -2.36. The van der Waals surface area contributed by atoms with Gasteiger partial charge in [0.05, 0.1) is 24.8 Å². The van der Waals surface area contributed by atoms with Crippen molar-refractivity contribution in [1.82, 2.24) is 30.3 Å². The van der Waals surface area contributed by atoms with Crippen LogP contribution < -0.4 is 15.4 Å². The highest BCUT2D eigenvalue weighted by Gasteiger charge is 2.36. The Labute approximate surface area is 321 Å². The van der Waals surface area contributed by atoms with E-state index in [0.29, 0.717) is 36.7 Å². The van der Waals surface area contributed by atoms with Gasteiger partial charge in [-0.15, -0.1) is 0 Å². The highest BCUT2D eigenvalue weighted by atomic mass is 16.6. The number of ether oxygens (including phenoxy) is 4. The number of benzene rings is 1. The molecule has 1 aliphatic carbocycles. The lowest BCUT2D eigenvalue weighted by atomic mass is 9.93. The molecule has 2 aromatic rings. The summed E-state index contributed by atoms with van der Waals surface area (Å²) >= 11 is 0. The Balaban J connectivity index is 1.30. The topological polar surface area (TPSA) is 186 Å². The number of esters is 1. The molecular weight excluding hydrogens is 712 g/mol. The molecule has 5 amide bonds. The normalized spacial score (nSPS) is 18.3. The molecule has 3 atom stereocenters. The molecular formula is C39H54N6O10. The predicted molar refractivity (Wildman–Crippen MR) is 200 cm³/mol. The van der Waals surface area contributed by atoms with Gasteiger partial charge in [-0.05, 0) is 77.0 Å². The first-order chi connectivity index (χ1) is 26.5. The molecule has 1 saturated carbocycles. The molecule has 3 unspecified atom stereocenters. The molecule has 1 aromatic carbocycles. The number of carbonyl (C=O) groups is 6. The van der Waals surface area contributed by atoms with Gasteiger partial charge >= 0.3 is 12.1 Å². The molecule has 16 heteroatoms. The summed E-state index contributed by atoms with van der Waals surface area (Å²) in [6.45, 7) is 6.85. The average Bonchev–Trinajstić information content (AvgIpc) is 3.67. The fraction of sp³-hybridized carbons (Fsp3) is 0.615. The van der Waals surface area contributed by atoms with Crippen LogP contribution in [-0.2, 0) is 33.4 Å². The van der Waals surface area contributed by atoms with Crippen molar-refractivity contribution in [2.24, 2.45) is 0 Å². The number of likely N-dealkylation sites (tertiary alicyclic amines) is 1. The Bertz CT molecular complexity index is 1710. The second kappa shape index (κ2) is 19.6. The first kappa shape index (κ1) is 41.2. The number of carbonyl (C=O) groups excluding carboxylic acids is 6. The molecule has 300 valence electrons. The summed E-state index contributed by atoms with van der Waals surface area (Å²) in [6.07, 6.45) is 4.03. The van der Waals surface area contributed by atoms with Crippen LogP contribution in [0.5, 0.6) is 5.75 Å². The standard InChI is InChI=1S/C39H54N6O10/c1-5-53-39(51)44-19-17-43(18-20-44)38(50)29(13-14-35(47)54-21-15-26(3)52-4)42-36(48)31-23-33(28-12-11-25(2)22-30(28)41-31)55-24-34(46)45-16-7-10-32(45)37(49)40-27-8-6-9-27/h11-12,22-23,26-27,29,32H,5-10,13-21,24H2,1-4H3,(H,40,49)(H,42,48). The van der Waals surface area contributed by atoms with Crippen LogP contribution in [0.2, 0.25) is 0 Å². The zero-order chi connectivity index (χ0) is 39.5. The minimum absolute atomic E-state index is 0.0444. The van der Waals surface area contributed by atoms with E-state index < -0.39 is 36.0 Å². The molecule has 2 saturated heterocycles. The van der Waals surface area contributed by atoms with Gasteiger partial charge in [0.25, 0.3) is 11.8 Å². The van der Waals surface area contributed by atoms with Gasteiger partial charge in [0.2, 0.25) is 11.8 Å². The number of hydrogen-bond acceptors (Lipinski definition) is 11. The number of methoxy groups -OCH3 is 1. The van der Waals surface area contributed by atoms with Crippen LogP contribution in [0.1, 0.15) is 81.3 Å². The summed E-state index contributed by atoms with van der Waals surface area (Å²) in [5.74, 6) is -1.87. The summed E-state index contributed by atoms with van der Waals surface area (Å²) in [7, 11) is 1.57. The third-order valence-electron chi connectivity index (χ3n) is 10.4. The second-order valence-electron chi connectivity index (χ2n) is 14.3. The first-order valence-corrected chi connectivity index (χ1v) is 19.3. The number of rotatable bonds is 16. The fourth-order valence-corrected chi connectivity index (χ4v) is 6.78. The summed E-state index contributed by atoms with van der Waals surface area (Å²) in [6, 6.07) is 5.37. The number of hydrogen-bond donors (Lipinski definition) is 2. The van der Waals surface area contributed by atoms with E-state index in [1.165, 1.54) is 11.0 Å². The fourth-order valence-electron chi connectivity index (χ4n) is 6.78. The van der Waals surface area contributed by atoms with Crippen molar-refractivity contribution < 1.29 is 47.7 Å². The smallest absolute Gasteiger partial charge is 0.409 e. The Morgan fingerprint density at radius 2 is 1.67 bits per heavy atom. The number of aryl methyl sites for hydroxylation is 1. The third kappa shape index (κ3) is 11.0. The second-order valence-corrected chi connectivity index (χ2v) is 14.3. The van der Waals surface area contributed by atoms with E-state index in [1.54, 1.807) is 36.0 Å². The minimum Gasteiger partial charge on any atom is -0.483 e. The molecule has 2 aliphatic heterocycles. The van der Waals surface area contributed by atoms with Crippen LogP contribution in [0, 0.1) is 6.92 Å². The Morgan fingerprint density at radius 3 is 2.36 bits per heavy atom. The number of nitrogens with one attached hydrogen (secondary N) is 2. The quantitative estimate of drug-likeness (QED) is 0.240. The van der Waals surface area contributed by atoms with Crippen molar-refractivity contribution in [3.8, 4) is 5.75 Å². The molecule has 0 spiro atoms. The number of amides is 5. The van der Waals surface area contributed by atoms with Crippen molar-refractivity contribution in [1.29, 1.82) is 0 Å². The monoisotopic (exact) mass is 766 g/mol. The van der Waals surface area contributed by atoms with E-state index in [4.69, 9.17) is 18.9 Å². The summed E-state index contributed by atoms with van der Waals surface area (Å²) < 4.78 is 21.7. The Hall–Kier alpha value is -4.99. The molecule has 3 fully saturated rings. The van der Waals surface area contributed by atoms with Crippen LogP contribution >= 0.6 is 0 Å². The molecule has 0 radical (unpaired) electrons. The molecule has 3 heterocycles. The molecule has 0 bridgehead atoms.